The molecule has 0 aromatic rings. The van der Waals surface area contributed by atoms with Gasteiger partial charge < -0.3 is 4.74 Å². The lowest BCUT2D eigenvalue weighted by atomic mass is 9.99. The van der Waals surface area contributed by atoms with Crippen LogP contribution in [-0.2, 0) is 4.74 Å². The molecule has 1 rings (SSSR count). The standard InChI is InChI=1S/C7H13NO3/c1-4-6-7(3,11-6)5(2)8(9)10/h5-6H,4H2,1-3H3/t5?,6-,7+/m0/s1. The number of nitrogens with zero attached hydrogens (tertiary/aromatic N) is 1. The predicted molar refractivity (Wildman–Crippen MR) is 40.0 cm³/mol. The SMILES string of the molecule is CC[C@@H]1O[C@]1(C)C(C)[N+](=O)[O-]. The van der Waals surface area contributed by atoms with E-state index in [1.165, 1.54) is 0 Å². The summed E-state index contributed by atoms with van der Waals surface area (Å²) >= 11 is 0. The van der Waals surface area contributed by atoms with Gasteiger partial charge in [0.1, 0.15) is 0 Å². The Morgan fingerprint density at radius 3 is 2.64 bits per heavy atom. The lowest BCUT2D eigenvalue weighted by molar-refractivity contribution is -0.527. The number of hydrogen-bond acceptors (Lipinski definition) is 3. The van der Waals surface area contributed by atoms with E-state index in [2.05, 4.69) is 0 Å². The van der Waals surface area contributed by atoms with Gasteiger partial charge in [0, 0.05) is 11.8 Å². The van der Waals surface area contributed by atoms with Gasteiger partial charge in [0.15, 0.2) is 5.60 Å². The van der Waals surface area contributed by atoms with Crippen LogP contribution in [0.1, 0.15) is 27.2 Å². The molecule has 0 aliphatic carbocycles. The molecule has 1 unspecified atom stereocenters. The average molecular weight is 159 g/mol. The first-order valence-corrected chi connectivity index (χ1v) is 3.83. The highest BCUT2D eigenvalue weighted by molar-refractivity contribution is 5.02. The molecule has 0 saturated carbocycles. The molecule has 1 fully saturated rings. The van der Waals surface area contributed by atoms with Crippen LogP contribution in [0.25, 0.3) is 0 Å². The molecule has 0 radical (unpaired) electrons. The highest BCUT2D eigenvalue weighted by Gasteiger charge is 2.60. The van der Waals surface area contributed by atoms with Crippen LogP contribution < -0.4 is 0 Å². The predicted octanol–water partition coefficient (Wildman–Crippen LogP) is 1.22. The van der Waals surface area contributed by atoms with Crippen LogP contribution in [0, 0.1) is 10.1 Å². The van der Waals surface area contributed by atoms with Gasteiger partial charge in [-0.3, -0.25) is 10.1 Å². The fourth-order valence-corrected chi connectivity index (χ4v) is 1.34. The Morgan fingerprint density at radius 2 is 2.36 bits per heavy atom. The molecule has 0 aromatic heterocycles. The zero-order valence-corrected chi connectivity index (χ0v) is 7.03. The second-order valence-electron chi connectivity index (χ2n) is 3.16. The maximum Gasteiger partial charge on any atom is 0.241 e. The highest BCUT2D eigenvalue weighted by Crippen LogP contribution is 2.41. The minimum atomic E-state index is -0.590. The van der Waals surface area contributed by atoms with E-state index in [1.54, 1.807) is 13.8 Å². The number of hydrogen-bond donors (Lipinski definition) is 0. The second-order valence-corrected chi connectivity index (χ2v) is 3.16. The lowest BCUT2D eigenvalue weighted by Crippen LogP contribution is -2.33. The summed E-state index contributed by atoms with van der Waals surface area (Å²) in [5, 5.41) is 10.4. The van der Waals surface area contributed by atoms with Gasteiger partial charge in [0.05, 0.1) is 6.10 Å². The van der Waals surface area contributed by atoms with Crippen LogP contribution in [0.2, 0.25) is 0 Å². The average Bonchev–Trinajstić information content (AvgIpc) is 2.61. The van der Waals surface area contributed by atoms with Crippen LogP contribution in [0.5, 0.6) is 0 Å². The lowest BCUT2D eigenvalue weighted by Gasteiger charge is -2.07. The van der Waals surface area contributed by atoms with Crippen molar-refractivity contribution in [1.29, 1.82) is 0 Å². The van der Waals surface area contributed by atoms with E-state index in [1.807, 2.05) is 6.92 Å². The zero-order chi connectivity index (χ0) is 8.65. The summed E-state index contributed by atoms with van der Waals surface area (Å²) in [5.41, 5.74) is -0.502. The summed E-state index contributed by atoms with van der Waals surface area (Å²) < 4.78 is 5.24. The van der Waals surface area contributed by atoms with Crippen molar-refractivity contribution < 1.29 is 9.66 Å². The third kappa shape index (κ3) is 1.22. The van der Waals surface area contributed by atoms with Crippen molar-refractivity contribution in [3.63, 3.8) is 0 Å². The summed E-state index contributed by atoms with van der Waals surface area (Å²) in [5.74, 6) is 0. The van der Waals surface area contributed by atoms with Crippen LogP contribution in [-0.4, -0.2) is 22.7 Å². The Morgan fingerprint density at radius 1 is 1.82 bits per heavy atom. The Labute approximate surface area is 65.7 Å². The molecular weight excluding hydrogens is 146 g/mol. The largest absolute Gasteiger partial charge is 0.359 e. The maximum absolute atomic E-state index is 10.4. The van der Waals surface area contributed by atoms with Gasteiger partial charge in [0.25, 0.3) is 0 Å². The third-order valence-corrected chi connectivity index (χ3v) is 2.49. The molecule has 0 amide bonds. The summed E-state index contributed by atoms with van der Waals surface area (Å²) in [7, 11) is 0. The van der Waals surface area contributed by atoms with E-state index in [0.29, 0.717) is 0 Å². The van der Waals surface area contributed by atoms with E-state index < -0.39 is 11.6 Å². The molecule has 4 heteroatoms. The van der Waals surface area contributed by atoms with E-state index in [-0.39, 0.29) is 11.0 Å². The van der Waals surface area contributed by atoms with Crippen LogP contribution in [0.4, 0.5) is 0 Å². The molecule has 3 atom stereocenters. The van der Waals surface area contributed by atoms with Crippen LogP contribution >= 0.6 is 0 Å². The van der Waals surface area contributed by atoms with E-state index in [4.69, 9.17) is 4.74 Å². The van der Waals surface area contributed by atoms with Gasteiger partial charge in [-0.1, -0.05) is 6.92 Å². The summed E-state index contributed by atoms with van der Waals surface area (Å²) in [6.07, 6.45) is 0.942. The number of nitro groups is 1. The molecule has 11 heavy (non-hydrogen) atoms. The molecule has 1 aliphatic heterocycles. The highest BCUT2D eigenvalue weighted by atomic mass is 16.7. The van der Waals surface area contributed by atoms with Crippen molar-refractivity contribution in [3.05, 3.63) is 10.1 Å². The normalized spacial score (nSPS) is 38.3. The quantitative estimate of drug-likeness (QED) is 0.353. The van der Waals surface area contributed by atoms with E-state index in [0.717, 1.165) is 6.42 Å². The minimum Gasteiger partial charge on any atom is -0.359 e. The molecule has 0 N–H and O–H groups in total. The maximum atomic E-state index is 10.4. The molecule has 1 saturated heterocycles. The molecule has 0 spiro atoms. The topological polar surface area (TPSA) is 55.7 Å². The molecule has 1 aliphatic rings. The van der Waals surface area contributed by atoms with Crippen molar-refractivity contribution in [1.82, 2.24) is 0 Å². The smallest absolute Gasteiger partial charge is 0.241 e. The fraction of sp³-hybridized carbons (Fsp3) is 1.00. The van der Waals surface area contributed by atoms with Crippen molar-refractivity contribution in [2.45, 2.75) is 44.9 Å². The third-order valence-electron chi connectivity index (χ3n) is 2.49. The zero-order valence-electron chi connectivity index (χ0n) is 7.03. The van der Waals surface area contributed by atoms with Crippen molar-refractivity contribution in [2.75, 3.05) is 0 Å². The van der Waals surface area contributed by atoms with E-state index in [9.17, 15) is 10.1 Å². The minimum absolute atomic E-state index is 0.0860. The van der Waals surface area contributed by atoms with Crippen molar-refractivity contribution >= 4 is 0 Å². The van der Waals surface area contributed by atoms with E-state index >= 15 is 0 Å². The Hall–Kier alpha value is -0.640. The number of epoxide rings is 1. The molecular formula is C7H13NO3. The van der Waals surface area contributed by atoms with Gasteiger partial charge in [-0.2, -0.15) is 0 Å². The van der Waals surface area contributed by atoms with Crippen molar-refractivity contribution in [2.24, 2.45) is 0 Å². The monoisotopic (exact) mass is 159 g/mol. The molecule has 1 heterocycles. The summed E-state index contributed by atoms with van der Waals surface area (Å²) in [4.78, 5) is 10.1. The molecule has 4 nitrogen and oxygen atoms in total. The van der Waals surface area contributed by atoms with Crippen LogP contribution in [0.15, 0.2) is 0 Å². The first-order chi connectivity index (χ1) is 5.02. The Bertz CT molecular complexity index is 183. The van der Waals surface area contributed by atoms with Gasteiger partial charge in [0.2, 0.25) is 6.04 Å². The Kier molecular flexibility index (Phi) is 1.88. The van der Waals surface area contributed by atoms with Crippen LogP contribution in [0.3, 0.4) is 0 Å². The molecule has 0 bridgehead atoms. The van der Waals surface area contributed by atoms with Gasteiger partial charge in [-0.05, 0) is 13.3 Å². The first kappa shape index (κ1) is 8.46. The summed E-state index contributed by atoms with van der Waals surface area (Å²) in [6, 6.07) is -0.590. The first-order valence-electron chi connectivity index (χ1n) is 3.83. The molecule has 64 valence electrons. The fourth-order valence-electron chi connectivity index (χ4n) is 1.34. The molecule has 0 aromatic carbocycles. The van der Waals surface area contributed by atoms with Gasteiger partial charge in [-0.15, -0.1) is 0 Å². The number of rotatable bonds is 3. The second kappa shape index (κ2) is 2.44. The Balaban J connectivity index is 2.56. The number of ether oxygens (including phenoxy) is 1. The van der Waals surface area contributed by atoms with Crippen molar-refractivity contribution in [3.8, 4) is 0 Å². The van der Waals surface area contributed by atoms with Gasteiger partial charge in [-0.25, -0.2) is 0 Å². The van der Waals surface area contributed by atoms with Gasteiger partial charge >= 0.3 is 0 Å². The summed E-state index contributed by atoms with van der Waals surface area (Å²) in [6.45, 7) is 5.37.